The van der Waals surface area contributed by atoms with E-state index in [2.05, 4.69) is 10.6 Å². The molecule has 1 aliphatic heterocycles. The highest BCUT2D eigenvalue weighted by Crippen LogP contribution is 2.32. The van der Waals surface area contributed by atoms with Crippen molar-refractivity contribution in [3.05, 3.63) is 47.0 Å². The number of anilines is 1. The maximum atomic E-state index is 12.5. The van der Waals surface area contributed by atoms with Gasteiger partial charge in [-0.2, -0.15) is 0 Å². The Morgan fingerprint density at radius 2 is 1.86 bits per heavy atom. The summed E-state index contributed by atoms with van der Waals surface area (Å²) in [4.78, 5) is 0.224. The second kappa shape index (κ2) is 7.94. The zero-order chi connectivity index (χ0) is 20.5. The molecule has 2 N–H and O–H groups in total. The Balaban J connectivity index is 1.72. The van der Waals surface area contributed by atoms with Crippen LogP contribution in [-0.2, 0) is 16.6 Å². The smallest absolute Gasteiger partial charge is 0.242 e. The van der Waals surface area contributed by atoms with Crippen LogP contribution >= 0.6 is 12.2 Å². The summed E-state index contributed by atoms with van der Waals surface area (Å²) >= 11 is 5.39. The number of nitrogens with one attached hydrogen (secondary N) is 2. The lowest BCUT2D eigenvalue weighted by atomic mass is 10.1. The molecule has 1 heterocycles. The molecule has 0 fully saturated rings. The average molecular weight is 422 g/mol. The molecule has 28 heavy (non-hydrogen) atoms. The number of benzene rings is 2. The lowest BCUT2D eigenvalue weighted by molar-refractivity contribution is 0.174. The maximum Gasteiger partial charge on any atom is 0.242 e. The molecular weight excluding hydrogens is 398 g/mol. The van der Waals surface area contributed by atoms with Crippen molar-refractivity contribution in [1.82, 2.24) is 9.62 Å². The fourth-order valence-corrected chi connectivity index (χ4v) is 3.91. The van der Waals surface area contributed by atoms with Gasteiger partial charge in [-0.25, -0.2) is 12.7 Å². The Morgan fingerprint density at radius 1 is 1.14 bits per heavy atom. The van der Waals surface area contributed by atoms with Crippen molar-refractivity contribution in [3.8, 4) is 11.5 Å². The molecule has 0 aliphatic carbocycles. The predicted molar refractivity (Wildman–Crippen MR) is 112 cm³/mol. The molecule has 0 amide bonds. The van der Waals surface area contributed by atoms with Crippen molar-refractivity contribution >= 4 is 33.0 Å². The third-order valence-corrected chi connectivity index (χ3v) is 6.60. The van der Waals surface area contributed by atoms with E-state index in [-0.39, 0.29) is 11.7 Å². The van der Waals surface area contributed by atoms with Gasteiger partial charge in [0.2, 0.25) is 16.8 Å². The number of ether oxygens (including phenoxy) is 2. The predicted octanol–water partition coefficient (Wildman–Crippen LogP) is 2.77. The molecular formula is C19H23N3O4S2. The minimum Gasteiger partial charge on any atom is -0.454 e. The van der Waals surface area contributed by atoms with Gasteiger partial charge in [0.25, 0.3) is 0 Å². The number of nitrogens with zero attached hydrogens (tertiary/aromatic N) is 1. The first-order valence-electron chi connectivity index (χ1n) is 8.65. The van der Waals surface area contributed by atoms with Gasteiger partial charge in [-0.1, -0.05) is 6.07 Å². The van der Waals surface area contributed by atoms with E-state index in [0.29, 0.717) is 23.1 Å². The molecule has 3 rings (SSSR count). The maximum absolute atomic E-state index is 12.5. The van der Waals surface area contributed by atoms with Gasteiger partial charge in [0.15, 0.2) is 16.6 Å². The first-order chi connectivity index (χ1) is 13.2. The van der Waals surface area contributed by atoms with Crippen molar-refractivity contribution in [2.24, 2.45) is 0 Å². The normalized spacial score (nSPS) is 12.9. The van der Waals surface area contributed by atoms with E-state index in [1.54, 1.807) is 12.1 Å². The van der Waals surface area contributed by atoms with Crippen LogP contribution in [0.1, 0.15) is 16.7 Å². The molecule has 0 bridgehead atoms. The number of rotatable bonds is 5. The Labute approximate surface area is 170 Å². The molecule has 0 aromatic heterocycles. The van der Waals surface area contributed by atoms with Gasteiger partial charge in [-0.05, 0) is 67.0 Å². The molecule has 0 unspecified atom stereocenters. The van der Waals surface area contributed by atoms with E-state index in [1.807, 2.05) is 32.0 Å². The van der Waals surface area contributed by atoms with Crippen LogP contribution in [0.2, 0.25) is 0 Å². The van der Waals surface area contributed by atoms with Crippen LogP contribution in [0.4, 0.5) is 5.69 Å². The van der Waals surface area contributed by atoms with Crippen LogP contribution in [0.5, 0.6) is 11.5 Å². The van der Waals surface area contributed by atoms with Crippen molar-refractivity contribution in [1.29, 1.82) is 0 Å². The first-order valence-corrected chi connectivity index (χ1v) is 10.5. The lowest BCUT2D eigenvalue weighted by Gasteiger charge is -2.18. The SMILES string of the molecule is Cc1cc(S(=O)(=O)N(C)C)cc(NC(=S)NCc2ccc3c(c2)OCO3)c1C. The van der Waals surface area contributed by atoms with E-state index in [4.69, 9.17) is 21.7 Å². The first kappa shape index (κ1) is 20.4. The topological polar surface area (TPSA) is 79.9 Å². The van der Waals surface area contributed by atoms with E-state index in [0.717, 1.165) is 22.4 Å². The molecule has 0 atom stereocenters. The van der Waals surface area contributed by atoms with Crippen molar-refractivity contribution in [3.63, 3.8) is 0 Å². The highest BCUT2D eigenvalue weighted by molar-refractivity contribution is 7.89. The number of sulfonamides is 1. The van der Waals surface area contributed by atoms with Gasteiger partial charge in [0, 0.05) is 26.3 Å². The summed E-state index contributed by atoms with van der Waals surface area (Å²) in [5, 5.41) is 6.64. The fraction of sp³-hybridized carbons (Fsp3) is 0.316. The van der Waals surface area contributed by atoms with Crippen LogP contribution in [-0.4, -0.2) is 38.7 Å². The number of thiocarbonyl (C=S) groups is 1. The molecule has 0 spiro atoms. The average Bonchev–Trinajstić information content (AvgIpc) is 3.11. The van der Waals surface area contributed by atoms with Gasteiger partial charge in [-0.3, -0.25) is 0 Å². The molecule has 0 saturated heterocycles. The van der Waals surface area contributed by atoms with Gasteiger partial charge in [-0.15, -0.1) is 0 Å². The summed E-state index contributed by atoms with van der Waals surface area (Å²) in [6.07, 6.45) is 0. The summed E-state index contributed by atoms with van der Waals surface area (Å²) in [6, 6.07) is 8.96. The summed E-state index contributed by atoms with van der Waals surface area (Å²) in [7, 11) is -0.513. The van der Waals surface area contributed by atoms with Gasteiger partial charge in [0.05, 0.1) is 4.90 Å². The highest BCUT2D eigenvalue weighted by atomic mass is 32.2. The van der Waals surface area contributed by atoms with Crippen LogP contribution in [0.15, 0.2) is 35.2 Å². The quantitative estimate of drug-likeness (QED) is 0.719. The van der Waals surface area contributed by atoms with E-state index < -0.39 is 10.0 Å². The number of hydrogen-bond donors (Lipinski definition) is 2. The number of hydrogen-bond acceptors (Lipinski definition) is 5. The third kappa shape index (κ3) is 4.21. The highest BCUT2D eigenvalue weighted by Gasteiger charge is 2.20. The van der Waals surface area contributed by atoms with Crippen molar-refractivity contribution < 1.29 is 17.9 Å². The standard InChI is InChI=1S/C19H23N3O4S2/c1-12-7-15(28(23,24)22(3)4)9-16(13(12)2)21-19(27)20-10-14-5-6-17-18(8-14)26-11-25-17/h5-9H,10-11H2,1-4H3,(H2,20,21,27). The molecule has 0 radical (unpaired) electrons. The molecule has 9 heteroatoms. The summed E-state index contributed by atoms with van der Waals surface area (Å²) < 4.78 is 36.8. The molecule has 150 valence electrons. The van der Waals surface area contributed by atoms with Crippen LogP contribution in [0.3, 0.4) is 0 Å². The van der Waals surface area contributed by atoms with Crippen LogP contribution in [0.25, 0.3) is 0 Å². The van der Waals surface area contributed by atoms with Crippen molar-refractivity contribution in [2.45, 2.75) is 25.3 Å². The van der Waals surface area contributed by atoms with Gasteiger partial charge >= 0.3 is 0 Å². The van der Waals surface area contributed by atoms with E-state index >= 15 is 0 Å². The zero-order valence-electron chi connectivity index (χ0n) is 16.2. The van der Waals surface area contributed by atoms with Gasteiger partial charge in [0.1, 0.15) is 0 Å². The molecule has 0 saturated carbocycles. The third-order valence-electron chi connectivity index (χ3n) is 4.56. The van der Waals surface area contributed by atoms with Crippen molar-refractivity contribution in [2.75, 3.05) is 26.2 Å². The monoisotopic (exact) mass is 421 g/mol. The Bertz CT molecular complexity index is 1020. The summed E-state index contributed by atoms with van der Waals surface area (Å²) in [5.74, 6) is 1.45. The largest absolute Gasteiger partial charge is 0.454 e. The minimum absolute atomic E-state index is 0.224. The van der Waals surface area contributed by atoms with Crippen LogP contribution < -0.4 is 20.1 Å². The fourth-order valence-electron chi connectivity index (χ4n) is 2.72. The molecule has 2 aromatic rings. The van der Waals surface area contributed by atoms with E-state index in [9.17, 15) is 8.42 Å². The second-order valence-electron chi connectivity index (χ2n) is 6.70. The van der Waals surface area contributed by atoms with E-state index in [1.165, 1.54) is 18.4 Å². The Hall–Kier alpha value is -2.36. The Kier molecular flexibility index (Phi) is 5.78. The summed E-state index contributed by atoms with van der Waals surface area (Å²) in [5.41, 5.74) is 3.45. The molecule has 7 nitrogen and oxygen atoms in total. The van der Waals surface area contributed by atoms with Gasteiger partial charge < -0.3 is 20.1 Å². The zero-order valence-corrected chi connectivity index (χ0v) is 17.8. The molecule has 2 aromatic carbocycles. The number of aryl methyl sites for hydroxylation is 1. The second-order valence-corrected chi connectivity index (χ2v) is 9.26. The van der Waals surface area contributed by atoms with Crippen LogP contribution in [0, 0.1) is 13.8 Å². The molecule has 1 aliphatic rings. The minimum atomic E-state index is -3.53. The lowest BCUT2D eigenvalue weighted by Crippen LogP contribution is -2.28. The Morgan fingerprint density at radius 3 is 2.57 bits per heavy atom. The summed E-state index contributed by atoms with van der Waals surface area (Å²) in [6.45, 7) is 4.52. The number of fused-ring (bicyclic) bond motifs is 1.